The lowest BCUT2D eigenvalue weighted by molar-refractivity contribution is -0.0704. The SMILES string of the molecule is O[C@]1(c2ccco2)CCN2C[C@@H]3c4ccccc4CCc4cccc(c43)[C@H]2C1. The van der Waals surface area contributed by atoms with E-state index in [4.69, 9.17) is 4.42 Å². The fourth-order valence-electron chi connectivity index (χ4n) is 5.84. The molecule has 0 unspecified atom stereocenters. The molecule has 2 aromatic carbocycles. The molecule has 1 saturated heterocycles. The third kappa shape index (κ3) is 2.36. The molecular weight excluding hydrogens is 346 g/mol. The number of aliphatic hydroxyl groups is 1. The first-order chi connectivity index (χ1) is 13.7. The molecule has 1 N–H and O–H groups in total. The average molecular weight is 371 g/mol. The van der Waals surface area contributed by atoms with Gasteiger partial charge in [0, 0.05) is 31.5 Å². The molecule has 1 aliphatic carbocycles. The highest BCUT2D eigenvalue weighted by Crippen LogP contribution is 2.50. The van der Waals surface area contributed by atoms with E-state index in [2.05, 4.69) is 47.4 Å². The smallest absolute Gasteiger partial charge is 0.135 e. The lowest BCUT2D eigenvalue weighted by atomic mass is 9.73. The highest BCUT2D eigenvalue weighted by molar-refractivity contribution is 5.51. The third-order valence-electron chi connectivity index (χ3n) is 7.21. The molecule has 0 saturated carbocycles. The molecule has 2 aliphatic heterocycles. The Morgan fingerprint density at radius 2 is 1.75 bits per heavy atom. The fourth-order valence-corrected chi connectivity index (χ4v) is 5.84. The van der Waals surface area contributed by atoms with Gasteiger partial charge in [-0.05, 0) is 59.2 Å². The van der Waals surface area contributed by atoms with E-state index < -0.39 is 5.60 Å². The van der Waals surface area contributed by atoms with Crippen LogP contribution in [-0.4, -0.2) is 23.1 Å². The van der Waals surface area contributed by atoms with Crippen molar-refractivity contribution >= 4 is 0 Å². The molecule has 0 spiro atoms. The van der Waals surface area contributed by atoms with Gasteiger partial charge in [0.1, 0.15) is 11.4 Å². The number of furan rings is 1. The summed E-state index contributed by atoms with van der Waals surface area (Å²) in [6, 6.07) is 19.9. The van der Waals surface area contributed by atoms with Crippen LogP contribution in [0, 0.1) is 0 Å². The first-order valence-electron chi connectivity index (χ1n) is 10.4. The Kier molecular flexibility index (Phi) is 3.59. The Hall–Kier alpha value is -2.36. The van der Waals surface area contributed by atoms with Gasteiger partial charge < -0.3 is 9.52 Å². The normalized spacial score (nSPS) is 28.8. The van der Waals surface area contributed by atoms with Gasteiger partial charge in [0.15, 0.2) is 0 Å². The van der Waals surface area contributed by atoms with Crippen molar-refractivity contribution in [2.75, 3.05) is 13.1 Å². The number of aryl methyl sites for hydroxylation is 2. The summed E-state index contributed by atoms with van der Waals surface area (Å²) in [4.78, 5) is 2.59. The molecule has 1 aromatic heterocycles. The molecule has 3 nitrogen and oxygen atoms in total. The zero-order valence-electron chi connectivity index (χ0n) is 16.0. The van der Waals surface area contributed by atoms with Gasteiger partial charge in [-0.3, -0.25) is 4.90 Å². The van der Waals surface area contributed by atoms with E-state index in [1.807, 2.05) is 12.1 Å². The standard InChI is InChI=1S/C25H25NO2/c27-25(23-9-4-14-28-23)12-13-26-16-21-19-7-2-1-5-17(19)10-11-18-6-3-8-20(24(18)21)22(26)15-25/h1-9,14,21-22,27H,10-13,15-16H2/t21-,22-,25-/m1/s1. The predicted molar refractivity (Wildman–Crippen MR) is 108 cm³/mol. The lowest BCUT2D eigenvalue weighted by Crippen LogP contribution is -2.48. The first kappa shape index (κ1) is 16.6. The van der Waals surface area contributed by atoms with E-state index in [1.54, 1.807) is 6.26 Å². The van der Waals surface area contributed by atoms with Gasteiger partial charge in [-0.25, -0.2) is 0 Å². The predicted octanol–water partition coefficient (Wildman–Crippen LogP) is 4.55. The van der Waals surface area contributed by atoms with Crippen LogP contribution in [-0.2, 0) is 18.4 Å². The molecule has 3 heteroatoms. The van der Waals surface area contributed by atoms with Crippen LogP contribution in [0.2, 0.25) is 0 Å². The van der Waals surface area contributed by atoms with Crippen LogP contribution in [0.5, 0.6) is 0 Å². The molecule has 0 bridgehead atoms. The number of benzene rings is 2. The molecule has 3 atom stereocenters. The van der Waals surface area contributed by atoms with Crippen molar-refractivity contribution < 1.29 is 9.52 Å². The van der Waals surface area contributed by atoms with Crippen molar-refractivity contribution in [3.8, 4) is 0 Å². The van der Waals surface area contributed by atoms with Gasteiger partial charge in [0.2, 0.25) is 0 Å². The molecule has 3 aliphatic rings. The summed E-state index contributed by atoms with van der Waals surface area (Å²) in [6.45, 7) is 1.93. The summed E-state index contributed by atoms with van der Waals surface area (Å²) in [7, 11) is 0. The minimum atomic E-state index is -0.872. The van der Waals surface area contributed by atoms with Gasteiger partial charge in [-0.15, -0.1) is 0 Å². The maximum absolute atomic E-state index is 11.4. The molecule has 3 aromatic rings. The van der Waals surface area contributed by atoms with E-state index in [0.29, 0.717) is 18.1 Å². The largest absolute Gasteiger partial charge is 0.466 e. The summed E-state index contributed by atoms with van der Waals surface area (Å²) >= 11 is 0. The maximum atomic E-state index is 11.4. The Morgan fingerprint density at radius 1 is 0.929 bits per heavy atom. The maximum Gasteiger partial charge on any atom is 0.135 e. The van der Waals surface area contributed by atoms with Crippen molar-refractivity contribution in [2.45, 2.75) is 43.2 Å². The highest BCUT2D eigenvalue weighted by Gasteiger charge is 2.46. The van der Waals surface area contributed by atoms with Gasteiger partial charge in [-0.1, -0.05) is 42.5 Å². The van der Waals surface area contributed by atoms with E-state index in [-0.39, 0.29) is 6.04 Å². The Bertz CT molecular complexity index is 1020. The number of hydrogen-bond acceptors (Lipinski definition) is 3. The average Bonchev–Trinajstić information content (AvgIpc) is 3.23. The second-order valence-corrected chi connectivity index (χ2v) is 8.65. The zero-order valence-corrected chi connectivity index (χ0v) is 16.0. The van der Waals surface area contributed by atoms with Crippen molar-refractivity contribution in [1.82, 2.24) is 4.90 Å². The Morgan fingerprint density at radius 3 is 2.64 bits per heavy atom. The van der Waals surface area contributed by atoms with E-state index in [9.17, 15) is 5.11 Å². The van der Waals surface area contributed by atoms with Crippen molar-refractivity contribution in [1.29, 1.82) is 0 Å². The number of nitrogens with zero attached hydrogens (tertiary/aromatic N) is 1. The highest BCUT2D eigenvalue weighted by atomic mass is 16.4. The molecule has 142 valence electrons. The van der Waals surface area contributed by atoms with Crippen LogP contribution < -0.4 is 0 Å². The van der Waals surface area contributed by atoms with Crippen molar-refractivity contribution in [2.24, 2.45) is 0 Å². The summed E-state index contributed by atoms with van der Waals surface area (Å²) in [5.41, 5.74) is 6.55. The lowest BCUT2D eigenvalue weighted by Gasteiger charge is -2.48. The third-order valence-corrected chi connectivity index (χ3v) is 7.21. The van der Waals surface area contributed by atoms with Gasteiger partial charge in [-0.2, -0.15) is 0 Å². The van der Waals surface area contributed by atoms with Crippen molar-refractivity contribution in [3.63, 3.8) is 0 Å². The molecule has 1 fully saturated rings. The van der Waals surface area contributed by atoms with Crippen LogP contribution in [0.25, 0.3) is 0 Å². The monoisotopic (exact) mass is 371 g/mol. The molecule has 0 radical (unpaired) electrons. The molecular formula is C25H25NO2. The van der Waals surface area contributed by atoms with E-state index >= 15 is 0 Å². The topological polar surface area (TPSA) is 36.6 Å². The Labute approximate surface area is 165 Å². The van der Waals surface area contributed by atoms with E-state index in [1.165, 1.54) is 27.8 Å². The van der Waals surface area contributed by atoms with E-state index in [0.717, 1.165) is 32.4 Å². The molecule has 6 rings (SSSR count). The van der Waals surface area contributed by atoms with Crippen molar-refractivity contribution in [3.05, 3.63) is 94.4 Å². The fraction of sp³-hybridized carbons (Fsp3) is 0.360. The number of rotatable bonds is 1. The van der Waals surface area contributed by atoms with Crippen LogP contribution in [0.1, 0.15) is 58.4 Å². The number of fused-ring (bicyclic) bond motifs is 4. The minimum absolute atomic E-state index is 0.250. The van der Waals surface area contributed by atoms with Gasteiger partial charge in [0.25, 0.3) is 0 Å². The molecule has 3 heterocycles. The van der Waals surface area contributed by atoms with Crippen LogP contribution >= 0.6 is 0 Å². The van der Waals surface area contributed by atoms with Crippen LogP contribution in [0.4, 0.5) is 0 Å². The zero-order chi connectivity index (χ0) is 18.7. The Balaban J connectivity index is 1.48. The summed E-state index contributed by atoms with van der Waals surface area (Å²) in [6.07, 6.45) is 5.31. The van der Waals surface area contributed by atoms with Crippen LogP contribution in [0.15, 0.2) is 65.3 Å². The summed E-state index contributed by atoms with van der Waals surface area (Å²) < 4.78 is 5.62. The first-order valence-corrected chi connectivity index (χ1v) is 10.4. The summed E-state index contributed by atoms with van der Waals surface area (Å²) in [5.74, 6) is 1.15. The second kappa shape index (κ2) is 6.07. The molecule has 28 heavy (non-hydrogen) atoms. The van der Waals surface area contributed by atoms with Gasteiger partial charge in [0.05, 0.1) is 6.26 Å². The quantitative estimate of drug-likeness (QED) is 0.682. The van der Waals surface area contributed by atoms with Gasteiger partial charge >= 0.3 is 0 Å². The minimum Gasteiger partial charge on any atom is -0.466 e. The number of piperidine rings is 1. The van der Waals surface area contributed by atoms with Crippen LogP contribution in [0.3, 0.4) is 0 Å². The number of hydrogen-bond donors (Lipinski definition) is 1. The second-order valence-electron chi connectivity index (χ2n) is 8.65. The molecule has 0 amide bonds. The summed E-state index contributed by atoms with van der Waals surface area (Å²) in [5, 5.41) is 11.4.